The molecule has 0 unspecified atom stereocenters. The first-order valence-electron chi connectivity index (χ1n) is 9.29. The van der Waals surface area contributed by atoms with Crippen LogP contribution in [0.1, 0.15) is 52.4 Å². The molecule has 0 saturated heterocycles. The maximum Gasteiger partial charge on any atom is 0.225 e. The highest BCUT2D eigenvalue weighted by Crippen LogP contribution is 2.26. The van der Waals surface area contributed by atoms with Crippen LogP contribution in [0.15, 0.2) is 24.3 Å². The minimum Gasteiger partial charge on any atom is -0.489 e. The molecule has 0 bridgehead atoms. The van der Waals surface area contributed by atoms with Crippen LogP contribution in [0.4, 0.5) is 5.69 Å². The van der Waals surface area contributed by atoms with Crippen LogP contribution in [0, 0.1) is 0 Å². The minimum atomic E-state index is -3.33. The van der Waals surface area contributed by atoms with Crippen LogP contribution < -0.4 is 10.1 Å². The minimum absolute atomic E-state index is 0.0000736. The predicted octanol–water partition coefficient (Wildman–Crippen LogP) is 3.40. The summed E-state index contributed by atoms with van der Waals surface area (Å²) in [6, 6.07) is 7.28. The van der Waals surface area contributed by atoms with E-state index in [0.717, 1.165) is 32.1 Å². The molecule has 6 nitrogen and oxygen atoms in total. The van der Waals surface area contributed by atoms with Crippen molar-refractivity contribution >= 4 is 21.6 Å². The Morgan fingerprint density at radius 2 is 1.88 bits per heavy atom. The second-order valence-electron chi connectivity index (χ2n) is 7.13. The van der Waals surface area contributed by atoms with Crippen molar-refractivity contribution in [3.05, 3.63) is 24.3 Å². The van der Waals surface area contributed by atoms with E-state index in [1.807, 2.05) is 26.0 Å². The molecule has 0 spiro atoms. The van der Waals surface area contributed by atoms with Crippen LogP contribution in [0.25, 0.3) is 0 Å². The number of carbonyl (C=O) groups is 1. The van der Waals surface area contributed by atoms with Crippen LogP contribution in [0.3, 0.4) is 0 Å². The lowest BCUT2D eigenvalue weighted by atomic mass is 9.95. The number of nitrogens with zero attached hydrogens (tertiary/aromatic N) is 1. The van der Waals surface area contributed by atoms with Crippen molar-refractivity contribution in [2.45, 2.75) is 64.5 Å². The van der Waals surface area contributed by atoms with Crippen molar-refractivity contribution in [2.75, 3.05) is 18.1 Å². The number of ether oxygens (including phenoxy) is 1. The summed E-state index contributed by atoms with van der Waals surface area (Å²) in [6.07, 6.45) is 6.34. The Hall–Kier alpha value is -1.60. The molecule has 0 aromatic heterocycles. The number of para-hydroxylation sites is 2. The molecule has 2 rings (SSSR count). The molecule has 0 atom stereocenters. The van der Waals surface area contributed by atoms with E-state index in [1.165, 1.54) is 10.6 Å². The lowest BCUT2D eigenvalue weighted by Crippen LogP contribution is -2.42. The zero-order valence-electron chi connectivity index (χ0n) is 15.9. The first-order valence-corrected chi connectivity index (χ1v) is 11.1. The fourth-order valence-corrected chi connectivity index (χ4v) is 4.51. The Bertz CT molecular complexity index is 697. The Morgan fingerprint density at radius 1 is 1.23 bits per heavy atom. The molecule has 1 N–H and O–H groups in total. The quantitative estimate of drug-likeness (QED) is 0.748. The summed E-state index contributed by atoms with van der Waals surface area (Å²) < 4.78 is 31.5. The topological polar surface area (TPSA) is 75.7 Å². The van der Waals surface area contributed by atoms with Gasteiger partial charge in [-0.15, -0.1) is 0 Å². The molecule has 146 valence electrons. The summed E-state index contributed by atoms with van der Waals surface area (Å²) in [5.74, 6) is 0.400. The van der Waals surface area contributed by atoms with Crippen LogP contribution in [-0.4, -0.2) is 43.6 Å². The molecule has 1 fully saturated rings. The first-order chi connectivity index (χ1) is 12.3. The van der Waals surface area contributed by atoms with E-state index in [1.54, 1.807) is 12.1 Å². The van der Waals surface area contributed by atoms with Gasteiger partial charge >= 0.3 is 0 Å². The van der Waals surface area contributed by atoms with Gasteiger partial charge in [0.15, 0.2) is 0 Å². The Kier molecular flexibility index (Phi) is 7.46. The third-order valence-corrected chi connectivity index (χ3v) is 5.82. The number of hydrogen-bond donors (Lipinski definition) is 1. The average molecular weight is 383 g/mol. The maximum absolute atomic E-state index is 12.4. The molecule has 1 aromatic carbocycles. The van der Waals surface area contributed by atoms with E-state index in [4.69, 9.17) is 4.74 Å². The summed E-state index contributed by atoms with van der Waals surface area (Å²) >= 11 is 0. The first kappa shape index (κ1) is 20.7. The third kappa shape index (κ3) is 6.29. The highest BCUT2D eigenvalue weighted by Gasteiger charge is 2.28. The van der Waals surface area contributed by atoms with E-state index in [0.29, 0.717) is 11.4 Å². The molecule has 7 heteroatoms. The van der Waals surface area contributed by atoms with Crippen LogP contribution in [0.5, 0.6) is 5.75 Å². The number of amides is 1. The van der Waals surface area contributed by atoms with E-state index in [-0.39, 0.29) is 31.0 Å². The molecule has 0 radical (unpaired) electrons. The molecule has 1 saturated carbocycles. The summed E-state index contributed by atoms with van der Waals surface area (Å²) in [4.78, 5) is 12.4. The fraction of sp³-hybridized carbons (Fsp3) is 0.632. The zero-order chi connectivity index (χ0) is 19.2. The van der Waals surface area contributed by atoms with E-state index in [9.17, 15) is 13.2 Å². The normalized spacial score (nSPS) is 16.0. The number of carbonyl (C=O) groups excluding carboxylic acids is 1. The van der Waals surface area contributed by atoms with E-state index < -0.39 is 10.0 Å². The number of rotatable bonds is 8. The third-order valence-electron chi connectivity index (χ3n) is 4.49. The lowest BCUT2D eigenvalue weighted by molar-refractivity contribution is -0.116. The molecular weight excluding hydrogens is 352 g/mol. The van der Waals surface area contributed by atoms with Crippen LogP contribution in [0.2, 0.25) is 0 Å². The van der Waals surface area contributed by atoms with Crippen molar-refractivity contribution in [1.82, 2.24) is 4.31 Å². The van der Waals surface area contributed by atoms with Crippen molar-refractivity contribution in [3.8, 4) is 5.75 Å². The second kappa shape index (κ2) is 9.37. The number of sulfonamides is 1. The van der Waals surface area contributed by atoms with Crippen molar-refractivity contribution in [2.24, 2.45) is 0 Å². The van der Waals surface area contributed by atoms with Gasteiger partial charge in [-0.2, -0.15) is 4.31 Å². The average Bonchev–Trinajstić information content (AvgIpc) is 2.56. The van der Waals surface area contributed by atoms with Gasteiger partial charge in [-0.25, -0.2) is 8.42 Å². The monoisotopic (exact) mass is 382 g/mol. The molecular formula is C19H30N2O4S. The highest BCUT2D eigenvalue weighted by molar-refractivity contribution is 7.88. The maximum atomic E-state index is 12.4. The number of benzene rings is 1. The predicted molar refractivity (Wildman–Crippen MR) is 104 cm³/mol. The molecule has 1 aliphatic carbocycles. The van der Waals surface area contributed by atoms with Crippen molar-refractivity contribution < 1.29 is 17.9 Å². The number of hydrogen-bond acceptors (Lipinski definition) is 4. The van der Waals surface area contributed by atoms with Crippen molar-refractivity contribution in [1.29, 1.82) is 0 Å². The Labute approximate surface area is 157 Å². The summed E-state index contributed by atoms with van der Waals surface area (Å²) in [5, 5.41) is 2.84. The van der Waals surface area contributed by atoms with Gasteiger partial charge in [0.05, 0.1) is 18.0 Å². The van der Waals surface area contributed by atoms with Gasteiger partial charge in [0.25, 0.3) is 0 Å². The van der Waals surface area contributed by atoms with Crippen LogP contribution >= 0.6 is 0 Å². The second-order valence-corrected chi connectivity index (χ2v) is 9.06. The standard InChI is InChI=1S/C19H30N2O4S/c1-15(2)25-18-12-8-7-11-17(18)20-19(22)13-14-21(26(3,23)24)16-9-5-4-6-10-16/h7-8,11-12,15-16H,4-6,9-10,13-14H2,1-3H3,(H,20,22). The van der Waals surface area contributed by atoms with Gasteiger partial charge in [-0.05, 0) is 38.8 Å². The summed E-state index contributed by atoms with van der Waals surface area (Å²) in [5.41, 5.74) is 0.606. The Morgan fingerprint density at radius 3 is 2.50 bits per heavy atom. The number of nitrogens with one attached hydrogen (secondary N) is 1. The van der Waals surface area contributed by atoms with Crippen LogP contribution in [-0.2, 0) is 14.8 Å². The van der Waals surface area contributed by atoms with Crippen molar-refractivity contribution in [3.63, 3.8) is 0 Å². The zero-order valence-corrected chi connectivity index (χ0v) is 16.7. The van der Waals surface area contributed by atoms with Gasteiger partial charge in [0.2, 0.25) is 15.9 Å². The molecule has 1 aromatic rings. The molecule has 1 amide bonds. The highest BCUT2D eigenvalue weighted by atomic mass is 32.2. The fourth-order valence-electron chi connectivity index (χ4n) is 3.34. The molecule has 1 aliphatic rings. The van der Waals surface area contributed by atoms with Gasteiger partial charge in [-0.1, -0.05) is 31.4 Å². The van der Waals surface area contributed by atoms with Gasteiger partial charge in [0, 0.05) is 19.0 Å². The largest absolute Gasteiger partial charge is 0.489 e. The smallest absolute Gasteiger partial charge is 0.225 e. The summed E-state index contributed by atoms with van der Waals surface area (Å²) in [7, 11) is -3.33. The van der Waals surface area contributed by atoms with E-state index in [2.05, 4.69) is 5.32 Å². The molecule has 26 heavy (non-hydrogen) atoms. The SMILES string of the molecule is CC(C)Oc1ccccc1NC(=O)CCN(C1CCCCC1)S(C)(=O)=O. The molecule has 0 heterocycles. The Balaban J connectivity index is 1.98. The molecule has 0 aliphatic heterocycles. The van der Waals surface area contributed by atoms with Gasteiger partial charge < -0.3 is 10.1 Å². The summed E-state index contributed by atoms with van der Waals surface area (Å²) in [6.45, 7) is 4.06. The van der Waals surface area contributed by atoms with Gasteiger partial charge in [0.1, 0.15) is 5.75 Å². The number of anilines is 1. The lowest BCUT2D eigenvalue weighted by Gasteiger charge is -2.32. The van der Waals surface area contributed by atoms with Gasteiger partial charge in [-0.3, -0.25) is 4.79 Å². The van der Waals surface area contributed by atoms with E-state index >= 15 is 0 Å².